The van der Waals surface area contributed by atoms with Crippen molar-refractivity contribution >= 4 is 40.8 Å². The van der Waals surface area contributed by atoms with Crippen molar-refractivity contribution in [1.82, 2.24) is 15.0 Å². The number of ether oxygens (including phenoxy) is 1. The maximum atomic E-state index is 13.7. The molecule has 5 aliphatic rings. The van der Waals surface area contributed by atoms with Gasteiger partial charge in [0.1, 0.15) is 11.5 Å². The largest absolute Gasteiger partial charge is 0.373 e. The molecule has 5 fully saturated rings. The lowest BCUT2D eigenvalue weighted by Gasteiger charge is -2.34. The number of hydrogen-bond donors (Lipinski definition) is 1. The fraction of sp³-hybridized carbons (Fsp3) is 0.514. The van der Waals surface area contributed by atoms with Crippen LogP contribution in [-0.4, -0.2) is 58.2 Å². The maximum absolute atomic E-state index is 13.7. The highest BCUT2D eigenvalue weighted by atomic mass is 35.5. The number of fused-ring (bicyclic) bond motifs is 4. The molecule has 0 spiro atoms. The lowest BCUT2D eigenvalue weighted by atomic mass is 9.89. The molecule has 1 aromatic heterocycles. The Morgan fingerprint density at radius 1 is 1.00 bits per heavy atom. The summed E-state index contributed by atoms with van der Waals surface area (Å²) in [5.41, 5.74) is 4.37. The standard InChI is InChI=1S/C35H38Cl2N4O4/c1-19(42)40-14-12-20(13-15-40)22-4-2-5-23(16-22)38-35(43)41-24-10-11-29(41)30-25(17-24)34(30)44-18-26-32(39-45-33(26)21-8-9-21)31-27(36)6-3-7-28(31)37/h2-7,16,20-21,24-25,29-30,34H,8-15,17-18H2,1H3,(H,38,43)/t24?,25?,29?,30?,34-/m0/s1. The Labute approximate surface area is 273 Å². The van der Waals surface area contributed by atoms with Crippen molar-refractivity contribution in [3.05, 3.63) is 69.4 Å². The molecule has 2 bridgehead atoms. The van der Waals surface area contributed by atoms with Gasteiger partial charge in [-0.05, 0) is 86.6 Å². The SMILES string of the molecule is CC(=O)N1CCC(c2cccc(NC(=O)N3C4CCC3C3C(C4)[C@@H]3OCc3c(-c4c(Cl)cccc4Cl)noc3C3CC3)c2)CC1. The van der Waals surface area contributed by atoms with Crippen LogP contribution in [0.2, 0.25) is 10.0 Å². The van der Waals surface area contributed by atoms with E-state index < -0.39 is 0 Å². The lowest BCUT2D eigenvalue weighted by Crippen LogP contribution is -2.47. The molecule has 4 unspecified atom stereocenters. The van der Waals surface area contributed by atoms with E-state index in [-0.39, 0.29) is 30.1 Å². The number of urea groups is 1. The molecule has 45 heavy (non-hydrogen) atoms. The third-order valence-corrected chi connectivity index (χ3v) is 11.5. The number of benzene rings is 2. The number of amides is 3. The van der Waals surface area contributed by atoms with Gasteiger partial charge in [0.05, 0.1) is 22.8 Å². The number of anilines is 1. The summed E-state index contributed by atoms with van der Waals surface area (Å²) in [5, 5.41) is 8.73. The van der Waals surface area contributed by atoms with E-state index in [0.29, 0.717) is 51.6 Å². The van der Waals surface area contributed by atoms with Crippen molar-refractivity contribution in [2.45, 2.75) is 88.5 Å². The number of nitrogens with one attached hydrogen (secondary N) is 1. The zero-order valence-electron chi connectivity index (χ0n) is 25.4. The van der Waals surface area contributed by atoms with E-state index in [4.69, 9.17) is 32.5 Å². The van der Waals surface area contributed by atoms with Crippen molar-refractivity contribution in [1.29, 1.82) is 0 Å². The predicted molar refractivity (Wildman–Crippen MR) is 172 cm³/mol. The monoisotopic (exact) mass is 648 g/mol. The molecular weight excluding hydrogens is 611 g/mol. The Bertz CT molecular complexity index is 1610. The van der Waals surface area contributed by atoms with E-state index in [1.807, 2.05) is 35.2 Å². The molecule has 3 amide bonds. The molecule has 236 valence electrons. The first-order valence-corrected chi connectivity index (χ1v) is 17.1. The quantitative estimate of drug-likeness (QED) is 0.282. The average molecular weight is 650 g/mol. The molecule has 8 nitrogen and oxygen atoms in total. The van der Waals surface area contributed by atoms with Crippen molar-refractivity contribution in [2.75, 3.05) is 18.4 Å². The Kier molecular flexibility index (Phi) is 7.58. The summed E-state index contributed by atoms with van der Waals surface area (Å²) in [4.78, 5) is 29.5. The maximum Gasteiger partial charge on any atom is 0.322 e. The van der Waals surface area contributed by atoms with Crippen LogP contribution in [-0.2, 0) is 16.1 Å². The van der Waals surface area contributed by atoms with Crippen LogP contribution < -0.4 is 5.32 Å². The highest BCUT2D eigenvalue weighted by Crippen LogP contribution is 2.58. The minimum Gasteiger partial charge on any atom is -0.373 e. The fourth-order valence-corrected chi connectivity index (χ4v) is 8.94. The number of piperidine rings is 2. The van der Waals surface area contributed by atoms with Gasteiger partial charge in [-0.15, -0.1) is 0 Å². The molecule has 2 saturated carbocycles. The predicted octanol–water partition coefficient (Wildman–Crippen LogP) is 7.85. The van der Waals surface area contributed by atoms with E-state index in [2.05, 4.69) is 27.5 Å². The zero-order valence-corrected chi connectivity index (χ0v) is 26.9. The van der Waals surface area contributed by atoms with Gasteiger partial charge in [-0.25, -0.2) is 4.79 Å². The number of nitrogens with zero attached hydrogens (tertiary/aromatic N) is 3. The van der Waals surface area contributed by atoms with Crippen molar-refractivity contribution in [3.63, 3.8) is 0 Å². The van der Waals surface area contributed by atoms with Crippen LogP contribution in [0.15, 0.2) is 47.0 Å². The molecule has 3 saturated heterocycles. The van der Waals surface area contributed by atoms with E-state index >= 15 is 0 Å². The smallest absolute Gasteiger partial charge is 0.322 e. The number of carbonyl (C=O) groups excluding carboxylic acids is 2. The Hall–Kier alpha value is -3.07. The molecule has 2 aliphatic carbocycles. The molecule has 8 rings (SSSR count). The van der Waals surface area contributed by atoms with Crippen LogP contribution in [0.5, 0.6) is 0 Å². The van der Waals surface area contributed by atoms with Gasteiger partial charge in [0, 0.05) is 60.7 Å². The van der Waals surface area contributed by atoms with Crippen molar-refractivity contribution < 1.29 is 18.8 Å². The molecule has 10 heteroatoms. The van der Waals surface area contributed by atoms with Crippen LogP contribution in [0.25, 0.3) is 11.3 Å². The number of aromatic nitrogens is 1. The summed E-state index contributed by atoms with van der Waals surface area (Å²) < 4.78 is 12.5. The first kappa shape index (κ1) is 29.3. The molecule has 2 aromatic carbocycles. The van der Waals surface area contributed by atoms with Crippen molar-refractivity contribution in [3.8, 4) is 11.3 Å². The van der Waals surface area contributed by atoms with Gasteiger partial charge in [-0.3, -0.25) is 4.79 Å². The van der Waals surface area contributed by atoms with Gasteiger partial charge in [0.25, 0.3) is 0 Å². The van der Waals surface area contributed by atoms with Gasteiger partial charge in [0.2, 0.25) is 5.91 Å². The normalized spacial score (nSPS) is 27.4. The second-order valence-electron chi connectivity index (χ2n) is 13.5. The summed E-state index contributed by atoms with van der Waals surface area (Å²) in [6.07, 6.45) is 7.19. The van der Waals surface area contributed by atoms with E-state index in [9.17, 15) is 9.59 Å². The molecule has 1 N–H and O–H groups in total. The number of rotatable bonds is 7. The number of hydrogen-bond acceptors (Lipinski definition) is 5. The molecule has 0 radical (unpaired) electrons. The van der Waals surface area contributed by atoms with E-state index in [0.717, 1.165) is 75.0 Å². The first-order valence-electron chi connectivity index (χ1n) is 16.4. The van der Waals surface area contributed by atoms with Crippen LogP contribution >= 0.6 is 23.2 Å². The van der Waals surface area contributed by atoms with Gasteiger partial charge in [0.15, 0.2) is 0 Å². The summed E-state index contributed by atoms with van der Waals surface area (Å²) in [5.74, 6) is 2.60. The molecule has 3 aromatic rings. The highest BCUT2D eigenvalue weighted by Gasteiger charge is 2.64. The second-order valence-corrected chi connectivity index (χ2v) is 14.4. The van der Waals surface area contributed by atoms with E-state index in [1.165, 1.54) is 5.56 Å². The molecule has 5 atom stereocenters. The Morgan fingerprint density at radius 3 is 2.49 bits per heavy atom. The summed E-state index contributed by atoms with van der Waals surface area (Å²) in [6.45, 7) is 3.60. The van der Waals surface area contributed by atoms with Gasteiger partial charge in [-0.2, -0.15) is 0 Å². The second kappa shape index (κ2) is 11.6. The third-order valence-electron chi connectivity index (χ3n) is 10.9. The van der Waals surface area contributed by atoms with Gasteiger partial charge >= 0.3 is 6.03 Å². The number of halogens is 2. The zero-order chi connectivity index (χ0) is 30.8. The van der Waals surface area contributed by atoms with Crippen LogP contribution in [0, 0.1) is 11.8 Å². The van der Waals surface area contributed by atoms with Crippen LogP contribution in [0.3, 0.4) is 0 Å². The third kappa shape index (κ3) is 5.43. The van der Waals surface area contributed by atoms with Gasteiger partial charge < -0.3 is 24.4 Å². The van der Waals surface area contributed by atoms with Gasteiger partial charge in [-0.1, -0.05) is 46.6 Å². The Balaban J connectivity index is 0.935. The molecular formula is C35H38Cl2N4O4. The highest BCUT2D eigenvalue weighted by molar-refractivity contribution is 6.39. The fourth-order valence-electron chi connectivity index (χ4n) is 8.36. The first-order chi connectivity index (χ1) is 21.9. The van der Waals surface area contributed by atoms with Crippen LogP contribution in [0.1, 0.15) is 80.6 Å². The lowest BCUT2D eigenvalue weighted by molar-refractivity contribution is -0.129. The van der Waals surface area contributed by atoms with E-state index in [1.54, 1.807) is 6.92 Å². The molecule has 4 heterocycles. The topological polar surface area (TPSA) is 87.9 Å². The van der Waals surface area contributed by atoms with Crippen molar-refractivity contribution in [2.24, 2.45) is 11.8 Å². The minimum absolute atomic E-state index is 0.0131. The number of likely N-dealkylation sites (tertiary alicyclic amines) is 1. The average Bonchev–Trinajstić information content (AvgIpc) is 3.93. The summed E-state index contributed by atoms with van der Waals surface area (Å²) in [6, 6.07) is 14.1. The minimum atomic E-state index is -0.0131. The molecule has 3 aliphatic heterocycles. The number of carbonyl (C=O) groups is 2. The Morgan fingerprint density at radius 2 is 1.76 bits per heavy atom. The van der Waals surface area contributed by atoms with Crippen LogP contribution in [0.4, 0.5) is 10.5 Å². The summed E-state index contributed by atoms with van der Waals surface area (Å²) in [7, 11) is 0. The summed E-state index contributed by atoms with van der Waals surface area (Å²) >= 11 is 13.1.